The Morgan fingerprint density at radius 3 is 2.25 bits per heavy atom. The number of carbonyl (C=O) groups is 1. The Balaban J connectivity index is 1.38. The van der Waals surface area contributed by atoms with Crippen molar-refractivity contribution in [3.05, 3.63) is 82.9 Å². The van der Waals surface area contributed by atoms with Gasteiger partial charge in [0.15, 0.2) is 6.61 Å². The fourth-order valence-electron chi connectivity index (χ4n) is 3.36. The van der Waals surface area contributed by atoms with Crippen LogP contribution in [-0.2, 0) is 4.79 Å². The summed E-state index contributed by atoms with van der Waals surface area (Å²) >= 11 is 0. The summed E-state index contributed by atoms with van der Waals surface area (Å²) in [5.74, 6) is 1.39. The maximum Gasteiger partial charge on any atom is 0.262 e. The molecule has 0 bridgehead atoms. The molecule has 32 heavy (non-hydrogen) atoms. The topological polar surface area (TPSA) is 77.2 Å². The van der Waals surface area contributed by atoms with E-state index in [9.17, 15) is 4.79 Å². The monoisotopic (exact) mass is 427 g/mol. The average Bonchev–Trinajstić information content (AvgIpc) is 3.26. The van der Waals surface area contributed by atoms with Crippen LogP contribution in [0.1, 0.15) is 22.3 Å². The second kappa shape index (κ2) is 9.06. The molecule has 162 valence electrons. The van der Waals surface area contributed by atoms with Crippen molar-refractivity contribution < 1.29 is 13.9 Å². The molecule has 0 saturated heterocycles. The molecule has 0 radical (unpaired) electrons. The van der Waals surface area contributed by atoms with Crippen LogP contribution in [0.2, 0.25) is 0 Å². The van der Waals surface area contributed by atoms with Crippen LogP contribution in [0.4, 0.5) is 5.69 Å². The van der Waals surface area contributed by atoms with E-state index in [4.69, 9.17) is 9.15 Å². The van der Waals surface area contributed by atoms with Crippen molar-refractivity contribution in [1.82, 2.24) is 10.2 Å². The molecule has 6 heteroatoms. The molecule has 0 aliphatic rings. The lowest BCUT2D eigenvalue weighted by Gasteiger charge is -2.12. The molecule has 0 spiro atoms. The minimum absolute atomic E-state index is 0.0609. The van der Waals surface area contributed by atoms with Crippen LogP contribution in [0.15, 0.2) is 65.1 Å². The van der Waals surface area contributed by atoms with E-state index in [1.807, 2.05) is 63.2 Å². The molecule has 1 aromatic heterocycles. The van der Waals surface area contributed by atoms with E-state index in [1.165, 1.54) is 5.56 Å². The zero-order valence-corrected chi connectivity index (χ0v) is 18.6. The maximum atomic E-state index is 12.3. The van der Waals surface area contributed by atoms with Gasteiger partial charge in [-0.1, -0.05) is 23.8 Å². The molecule has 1 N–H and O–H groups in total. The van der Waals surface area contributed by atoms with E-state index >= 15 is 0 Å². The van der Waals surface area contributed by atoms with Crippen molar-refractivity contribution >= 4 is 11.6 Å². The molecule has 0 fully saturated rings. The molecule has 0 unspecified atom stereocenters. The quantitative estimate of drug-likeness (QED) is 0.430. The van der Waals surface area contributed by atoms with Gasteiger partial charge in [-0.2, -0.15) is 0 Å². The van der Waals surface area contributed by atoms with Gasteiger partial charge in [-0.15, -0.1) is 10.2 Å². The number of benzene rings is 3. The number of anilines is 1. The van der Waals surface area contributed by atoms with Gasteiger partial charge in [0.25, 0.3) is 5.91 Å². The number of hydrogen-bond acceptors (Lipinski definition) is 5. The first kappa shape index (κ1) is 21.3. The molecule has 3 aromatic carbocycles. The highest BCUT2D eigenvalue weighted by Gasteiger charge is 2.12. The Kier molecular flexibility index (Phi) is 6.03. The van der Waals surface area contributed by atoms with Crippen molar-refractivity contribution in [3.63, 3.8) is 0 Å². The van der Waals surface area contributed by atoms with Gasteiger partial charge in [-0.3, -0.25) is 4.79 Å². The molecule has 0 aliphatic carbocycles. The Hall–Kier alpha value is -3.93. The van der Waals surface area contributed by atoms with Crippen LogP contribution in [0.25, 0.3) is 22.9 Å². The molecular formula is C26H25N3O3. The predicted octanol–water partition coefficient (Wildman–Crippen LogP) is 5.65. The fourth-order valence-corrected chi connectivity index (χ4v) is 3.36. The van der Waals surface area contributed by atoms with Crippen molar-refractivity contribution in [2.45, 2.75) is 27.7 Å². The van der Waals surface area contributed by atoms with Gasteiger partial charge in [0.05, 0.1) is 0 Å². The largest absolute Gasteiger partial charge is 0.483 e. The number of ether oxygens (including phenoxy) is 1. The number of amides is 1. The first-order chi connectivity index (χ1) is 15.4. The molecule has 1 heterocycles. The Bertz CT molecular complexity index is 1260. The lowest BCUT2D eigenvalue weighted by molar-refractivity contribution is -0.118. The third-order valence-corrected chi connectivity index (χ3v) is 5.26. The SMILES string of the molecule is Cc1cccc(-c2nnc(-c3ccc(NC(=O)COc4cc(C)c(C)cc4C)cc3)o2)c1. The third kappa shape index (κ3) is 4.86. The number of hydrogen-bond donors (Lipinski definition) is 1. The average molecular weight is 428 g/mol. The summed E-state index contributed by atoms with van der Waals surface area (Å²) in [6.07, 6.45) is 0. The second-order valence-corrected chi connectivity index (χ2v) is 7.90. The summed E-state index contributed by atoms with van der Waals surface area (Å²) in [5.41, 5.74) is 6.79. The number of aryl methyl sites for hydroxylation is 4. The summed E-state index contributed by atoms with van der Waals surface area (Å²) in [7, 11) is 0. The zero-order chi connectivity index (χ0) is 22.7. The van der Waals surface area contributed by atoms with Crippen LogP contribution in [0, 0.1) is 27.7 Å². The van der Waals surface area contributed by atoms with E-state index in [0.717, 1.165) is 33.6 Å². The van der Waals surface area contributed by atoms with Crippen LogP contribution >= 0.6 is 0 Å². The molecule has 1 amide bonds. The fraction of sp³-hybridized carbons (Fsp3) is 0.192. The third-order valence-electron chi connectivity index (χ3n) is 5.26. The van der Waals surface area contributed by atoms with Crippen molar-refractivity contribution in [2.75, 3.05) is 11.9 Å². The summed E-state index contributed by atoms with van der Waals surface area (Å²) in [6.45, 7) is 8.01. The highest BCUT2D eigenvalue weighted by atomic mass is 16.5. The lowest BCUT2D eigenvalue weighted by Crippen LogP contribution is -2.20. The molecule has 4 rings (SSSR count). The minimum Gasteiger partial charge on any atom is -0.483 e. The van der Waals surface area contributed by atoms with E-state index in [-0.39, 0.29) is 12.5 Å². The van der Waals surface area contributed by atoms with E-state index in [1.54, 1.807) is 12.1 Å². The second-order valence-electron chi connectivity index (χ2n) is 7.90. The van der Waals surface area contributed by atoms with Crippen molar-refractivity contribution in [3.8, 4) is 28.7 Å². The highest BCUT2D eigenvalue weighted by molar-refractivity contribution is 5.92. The first-order valence-corrected chi connectivity index (χ1v) is 10.4. The normalized spacial score (nSPS) is 10.8. The van der Waals surface area contributed by atoms with E-state index in [2.05, 4.69) is 28.5 Å². The van der Waals surface area contributed by atoms with Gasteiger partial charge in [0, 0.05) is 16.8 Å². The van der Waals surface area contributed by atoms with Crippen molar-refractivity contribution in [1.29, 1.82) is 0 Å². The summed E-state index contributed by atoms with van der Waals surface area (Å²) in [5, 5.41) is 11.1. The van der Waals surface area contributed by atoms with Gasteiger partial charge in [0.1, 0.15) is 5.75 Å². The smallest absolute Gasteiger partial charge is 0.262 e. The maximum absolute atomic E-state index is 12.3. The predicted molar refractivity (Wildman–Crippen MR) is 125 cm³/mol. The summed E-state index contributed by atoms with van der Waals surface area (Å²) < 4.78 is 11.5. The lowest BCUT2D eigenvalue weighted by atomic mass is 10.1. The highest BCUT2D eigenvalue weighted by Crippen LogP contribution is 2.26. The van der Waals surface area contributed by atoms with Crippen LogP contribution in [-0.4, -0.2) is 22.7 Å². The number of carbonyl (C=O) groups excluding carboxylic acids is 1. The van der Waals surface area contributed by atoms with E-state index < -0.39 is 0 Å². The minimum atomic E-state index is -0.227. The Morgan fingerprint density at radius 1 is 0.844 bits per heavy atom. The standard InChI is InChI=1S/C26H25N3O3/c1-16-6-5-7-21(12-16)26-29-28-25(32-26)20-8-10-22(11-9-20)27-24(30)15-31-23-14-18(3)17(2)13-19(23)4/h5-14H,15H2,1-4H3,(H,27,30). The summed E-state index contributed by atoms with van der Waals surface area (Å²) in [4.78, 5) is 12.3. The molecule has 0 saturated carbocycles. The van der Waals surface area contributed by atoms with Gasteiger partial charge in [-0.25, -0.2) is 0 Å². The molecule has 0 aliphatic heterocycles. The number of rotatable bonds is 6. The Morgan fingerprint density at radius 2 is 1.53 bits per heavy atom. The van der Waals surface area contributed by atoms with Crippen LogP contribution in [0.5, 0.6) is 5.75 Å². The molecule has 4 aromatic rings. The summed E-state index contributed by atoms with van der Waals surface area (Å²) in [6, 6.07) is 19.2. The number of aromatic nitrogens is 2. The number of nitrogens with one attached hydrogen (secondary N) is 1. The Labute approximate surface area is 187 Å². The van der Waals surface area contributed by atoms with Crippen LogP contribution < -0.4 is 10.1 Å². The molecular weight excluding hydrogens is 402 g/mol. The molecule has 6 nitrogen and oxygen atoms in total. The first-order valence-electron chi connectivity index (χ1n) is 10.4. The van der Waals surface area contributed by atoms with E-state index in [0.29, 0.717) is 17.5 Å². The van der Waals surface area contributed by atoms with Gasteiger partial charge in [-0.05, 0) is 86.8 Å². The molecule has 0 atom stereocenters. The van der Waals surface area contributed by atoms with Gasteiger partial charge in [0.2, 0.25) is 11.8 Å². The number of nitrogens with zero attached hydrogens (tertiary/aromatic N) is 2. The zero-order valence-electron chi connectivity index (χ0n) is 18.6. The van der Waals surface area contributed by atoms with Crippen molar-refractivity contribution in [2.24, 2.45) is 0 Å². The van der Waals surface area contributed by atoms with Crippen LogP contribution in [0.3, 0.4) is 0 Å². The van der Waals surface area contributed by atoms with Gasteiger partial charge < -0.3 is 14.5 Å². The van der Waals surface area contributed by atoms with Gasteiger partial charge >= 0.3 is 0 Å².